The first-order chi connectivity index (χ1) is 10.2. The Bertz CT molecular complexity index is 686. The molecule has 3 aliphatic carbocycles. The van der Waals surface area contributed by atoms with Crippen molar-refractivity contribution in [3.05, 3.63) is 35.4 Å². The van der Waals surface area contributed by atoms with Crippen molar-refractivity contribution in [1.29, 1.82) is 0 Å². The number of rotatable bonds is 0. The van der Waals surface area contributed by atoms with Gasteiger partial charge in [-0.25, -0.2) is 0 Å². The molecule has 3 heterocycles. The van der Waals surface area contributed by atoms with Crippen molar-refractivity contribution in [3.63, 3.8) is 0 Å². The van der Waals surface area contributed by atoms with Crippen LogP contribution in [-0.2, 0) is 5.72 Å². The topological polar surface area (TPSA) is 40.5 Å². The van der Waals surface area contributed by atoms with Crippen molar-refractivity contribution in [2.45, 2.75) is 37.5 Å². The van der Waals surface area contributed by atoms with E-state index in [1.807, 2.05) is 29.2 Å². The third-order valence-electron chi connectivity index (χ3n) is 7.34. The lowest BCUT2D eigenvalue weighted by Gasteiger charge is -2.62. The summed E-state index contributed by atoms with van der Waals surface area (Å²) in [5.74, 6) is 3.13. The van der Waals surface area contributed by atoms with Crippen LogP contribution in [0.25, 0.3) is 0 Å². The molecule has 1 amide bonds. The Morgan fingerprint density at radius 3 is 2.81 bits per heavy atom. The third-order valence-corrected chi connectivity index (χ3v) is 7.34. The number of carbonyl (C=O) groups is 1. The summed E-state index contributed by atoms with van der Waals surface area (Å²) in [6.07, 6.45) is 4.98. The summed E-state index contributed by atoms with van der Waals surface area (Å²) < 4.78 is 0. The lowest BCUT2D eigenvalue weighted by Crippen LogP contribution is -2.69. The molecule has 3 heteroatoms. The number of fused-ring (bicyclic) bond motifs is 2. The molecule has 7 atom stereocenters. The highest BCUT2D eigenvalue weighted by Gasteiger charge is 2.71. The number of carbonyl (C=O) groups excluding carboxylic acids is 1. The van der Waals surface area contributed by atoms with Crippen molar-refractivity contribution in [3.8, 4) is 0 Å². The average Bonchev–Trinajstić information content (AvgIpc) is 2.89. The van der Waals surface area contributed by atoms with E-state index in [1.54, 1.807) is 0 Å². The zero-order chi connectivity index (χ0) is 13.9. The monoisotopic (exact) mass is 281 g/mol. The van der Waals surface area contributed by atoms with Gasteiger partial charge in [0.15, 0.2) is 5.72 Å². The second kappa shape index (κ2) is 3.19. The minimum absolute atomic E-state index is 0.0744. The van der Waals surface area contributed by atoms with E-state index in [0.717, 1.165) is 23.5 Å². The molecule has 5 bridgehead atoms. The van der Waals surface area contributed by atoms with Gasteiger partial charge in [-0.2, -0.15) is 0 Å². The van der Waals surface area contributed by atoms with Gasteiger partial charge in [0.1, 0.15) is 0 Å². The first kappa shape index (κ1) is 11.2. The highest BCUT2D eigenvalue weighted by molar-refractivity contribution is 6.00. The van der Waals surface area contributed by atoms with Gasteiger partial charge in [-0.3, -0.25) is 4.79 Å². The molecular formula is C18H19NO2. The molecule has 0 aromatic heterocycles. The number of benzene rings is 1. The van der Waals surface area contributed by atoms with Crippen molar-refractivity contribution < 1.29 is 9.90 Å². The molecule has 2 saturated heterocycles. The smallest absolute Gasteiger partial charge is 0.257 e. The molecule has 3 nitrogen and oxygen atoms in total. The standard InChI is InChI=1S/C18H19NO2/c20-17-11-3-1-2-4-14(11)18(21)16-10-5-9-6-12(13(16)7-9)15(8-10)19(17)18/h1-4,9-10,12-13,15-16,21H,5-8H2/t9-,10+,12-,13-,15+,16+,18-/m1/s1. The number of amides is 1. The summed E-state index contributed by atoms with van der Waals surface area (Å²) in [5.41, 5.74) is 0.629. The van der Waals surface area contributed by atoms with E-state index in [2.05, 4.69) is 0 Å². The van der Waals surface area contributed by atoms with Gasteiger partial charge >= 0.3 is 0 Å². The second-order valence-corrected chi connectivity index (χ2v) is 7.94. The van der Waals surface area contributed by atoms with Gasteiger partial charge in [0.25, 0.3) is 5.91 Å². The second-order valence-electron chi connectivity index (χ2n) is 7.94. The van der Waals surface area contributed by atoms with E-state index in [4.69, 9.17) is 0 Å². The average molecular weight is 281 g/mol. The fourth-order valence-corrected chi connectivity index (χ4v) is 6.99. The molecule has 0 unspecified atom stereocenters. The summed E-state index contributed by atoms with van der Waals surface area (Å²) in [4.78, 5) is 14.8. The van der Waals surface area contributed by atoms with Gasteiger partial charge in [0.05, 0.1) is 0 Å². The van der Waals surface area contributed by atoms with E-state index >= 15 is 0 Å². The Hall–Kier alpha value is -1.35. The molecule has 108 valence electrons. The predicted molar refractivity (Wildman–Crippen MR) is 76.2 cm³/mol. The summed E-state index contributed by atoms with van der Waals surface area (Å²) in [7, 11) is 0. The van der Waals surface area contributed by atoms with Gasteiger partial charge in [0, 0.05) is 23.1 Å². The Labute approximate surface area is 123 Å². The van der Waals surface area contributed by atoms with E-state index in [9.17, 15) is 9.90 Å². The van der Waals surface area contributed by atoms with E-state index in [-0.39, 0.29) is 17.9 Å². The lowest BCUT2D eigenvalue weighted by molar-refractivity contribution is -0.252. The fourth-order valence-electron chi connectivity index (χ4n) is 6.99. The largest absolute Gasteiger partial charge is 0.366 e. The van der Waals surface area contributed by atoms with Crippen LogP contribution in [0.15, 0.2) is 24.3 Å². The number of hydrogen-bond donors (Lipinski definition) is 1. The zero-order valence-corrected chi connectivity index (χ0v) is 11.9. The van der Waals surface area contributed by atoms with Crippen LogP contribution in [0.3, 0.4) is 0 Å². The van der Waals surface area contributed by atoms with E-state index in [1.165, 1.54) is 19.3 Å². The van der Waals surface area contributed by atoms with Crippen LogP contribution < -0.4 is 0 Å². The fraction of sp³-hybridized carbons (Fsp3) is 0.611. The minimum atomic E-state index is -1.00. The molecule has 0 radical (unpaired) electrons. The van der Waals surface area contributed by atoms with E-state index < -0.39 is 5.72 Å². The summed E-state index contributed by atoms with van der Waals surface area (Å²) in [6.45, 7) is 0. The van der Waals surface area contributed by atoms with Crippen molar-refractivity contribution >= 4 is 5.91 Å². The molecule has 1 aromatic carbocycles. The van der Waals surface area contributed by atoms with Gasteiger partial charge < -0.3 is 10.0 Å². The quantitative estimate of drug-likeness (QED) is 0.793. The predicted octanol–water partition coefficient (Wildman–Crippen LogP) is 2.35. The molecular weight excluding hydrogens is 262 g/mol. The minimum Gasteiger partial charge on any atom is -0.366 e. The Morgan fingerprint density at radius 2 is 1.90 bits per heavy atom. The number of hydrogen-bond acceptors (Lipinski definition) is 2. The summed E-state index contributed by atoms with van der Waals surface area (Å²) >= 11 is 0. The van der Waals surface area contributed by atoms with Crippen LogP contribution in [0.1, 0.15) is 41.6 Å². The molecule has 21 heavy (non-hydrogen) atoms. The Morgan fingerprint density at radius 1 is 1.10 bits per heavy atom. The first-order valence-electron chi connectivity index (χ1n) is 8.35. The molecule has 7 rings (SSSR count). The van der Waals surface area contributed by atoms with Gasteiger partial charge in [0.2, 0.25) is 0 Å². The molecule has 1 aromatic rings. The number of aliphatic hydroxyl groups is 1. The maximum atomic E-state index is 12.9. The summed E-state index contributed by atoms with van der Waals surface area (Å²) in [6, 6.07) is 8.04. The lowest BCUT2D eigenvalue weighted by atomic mass is 9.54. The van der Waals surface area contributed by atoms with Crippen LogP contribution in [0, 0.1) is 29.6 Å². The maximum Gasteiger partial charge on any atom is 0.257 e. The van der Waals surface area contributed by atoms with Crippen LogP contribution in [0.5, 0.6) is 0 Å². The molecule has 6 aliphatic rings. The van der Waals surface area contributed by atoms with Crippen LogP contribution >= 0.6 is 0 Å². The Balaban J connectivity index is 1.64. The van der Waals surface area contributed by atoms with E-state index in [0.29, 0.717) is 17.8 Å². The molecule has 3 saturated carbocycles. The number of nitrogens with zero attached hydrogens (tertiary/aromatic N) is 1. The van der Waals surface area contributed by atoms with Crippen LogP contribution in [-0.4, -0.2) is 22.0 Å². The molecule has 3 aliphatic heterocycles. The van der Waals surface area contributed by atoms with Crippen molar-refractivity contribution in [2.75, 3.05) is 0 Å². The highest BCUT2D eigenvalue weighted by Crippen LogP contribution is 2.69. The van der Waals surface area contributed by atoms with Crippen molar-refractivity contribution in [2.24, 2.45) is 29.6 Å². The summed E-state index contributed by atoms with van der Waals surface area (Å²) in [5, 5.41) is 11.7. The van der Waals surface area contributed by atoms with Crippen LogP contribution in [0.2, 0.25) is 0 Å². The normalized spacial score (nSPS) is 51.5. The zero-order valence-electron chi connectivity index (χ0n) is 11.9. The molecule has 0 spiro atoms. The van der Waals surface area contributed by atoms with Gasteiger partial charge in [-0.15, -0.1) is 0 Å². The SMILES string of the molecule is O=C1c2ccccc2[C@@]2(O)[C@H]3[C@H]4C[C@H]5C[C@@H]3[C@@H](C5)[C@H](C4)N12. The first-order valence-corrected chi connectivity index (χ1v) is 8.35. The Kier molecular flexibility index (Phi) is 1.71. The highest BCUT2D eigenvalue weighted by atomic mass is 16.3. The van der Waals surface area contributed by atoms with Gasteiger partial charge in [-0.1, -0.05) is 18.2 Å². The third kappa shape index (κ3) is 1.01. The van der Waals surface area contributed by atoms with Crippen molar-refractivity contribution in [1.82, 2.24) is 4.90 Å². The van der Waals surface area contributed by atoms with Gasteiger partial charge in [-0.05, 0) is 55.4 Å². The van der Waals surface area contributed by atoms with Crippen LogP contribution in [0.4, 0.5) is 0 Å². The molecule has 5 fully saturated rings. The number of piperidine rings is 2. The molecule has 1 N–H and O–H groups in total. The maximum absolute atomic E-state index is 12.9.